The van der Waals surface area contributed by atoms with Gasteiger partial charge in [0, 0.05) is 17.8 Å². The number of anilines is 1. The number of nitrogens with one attached hydrogen (secondary N) is 2. The van der Waals surface area contributed by atoms with E-state index >= 15 is 0 Å². The van der Waals surface area contributed by atoms with E-state index in [1.807, 2.05) is 49.4 Å². The Morgan fingerprint density at radius 1 is 0.931 bits per heavy atom. The van der Waals surface area contributed by atoms with E-state index in [0.29, 0.717) is 30.2 Å². The molecule has 0 saturated carbocycles. The zero-order chi connectivity index (χ0) is 20.5. The van der Waals surface area contributed by atoms with Gasteiger partial charge in [0.25, 0.3) is 11.1 Å². The lowest BCUT2D eigenvalue weighted by atomic mass is 10.2. The van der Waals surface area contributed by atoms with Crippen molar-refractivity contribution in [3.05, 3.63) is 90.0 Å². The number of carbonyl (C=O) groups excluding carboxylic acids is 1. The van der Waals surface area contributed by atoms with Crippen LogP contribution in [0.5, 0.6) is 11.5 Å². The molecule has 6 heteroatoms. The van der Waals surface area contributed by atoms with Gasteiger partial charge in [0.2, 0.25) is 0 Å². The van der Waals surface area contributed by atoms with Crippen LogP contribution >= 0.6 is 12.2 Å². The third-order valence-corrected chi connectivity index (χ3v) is 4.24. The van der Waals surface area contributed by atoms with E-state index in [0.717, 1.165) is 11.3 Å². The molecular formula is C23H22N2O3S. The lowest BCUT2D eigenvalue weighted by molar-refractivity contribution is 0.102. The molecule has 0 spiro atoms. The normalized spacial score (nSPS) is 10.1. The summed E-state index contributed by atoms with van der Waals surface area (Å²) in [6.45, 7) is 3.09. The molecule has 0 aromatic heterocycles. The van der Waals surface area contributed by atoms with E-state index in [1.165, 1.54) is 0 Å². The summed E-state index contributed by atoms with van der Waals surface area (Å²) in [5, 5.41) is 6.15. The van der Waals surface area contributed by atoms with Crippen LogP contribution in [-0.2, 0) is 6.54 Å². The van der Waals surface area contributed by atoms with E-state index in [9.17, 15) is 4.79 Å². The van der Waals surface area contributed by atoms with Crippen molar-refractivity contribution < 1.29 is 14.3 Å². The minimum atomic E-state index is -0.234. The maximum atomic E-state index is 12.5. The first-order valence-electron chi connectivity index (χ1n) is 9.28. The number of thiocarbonyl (C=S) groups is 1. The molecular weight excluding hydrogens is 384 g/mol. The minimum Gasteiger partial charge on any atom is -0.494 e. The summed E-state index contributed by atoms with van der Waals surface area (Å²) >= 11 is 5.24. The van der Waals surface area contributed by atoms with Gasteiger partial charge in [-0.3, -0.25) is 4.79 Å². The fourth-order valence-corrected chi connectivity index (χ4v) is 2.79. The molecule has 0 heterocycles. The van der Waals surface area contributed by atoms with Crippen molar-refractivity contribution in [1.29, 1.82) is 0 Å². The topological polar surface area (TPSA) is 59.6 Å². The van der Waals surface area contributed by atoms with Crippen molar-refractivity contribution in [3.63, 3.8) is 0 Å². The van der Waals surface area contributed by atoms with Crippen LogP contribution < -0.4 is 20.1 Å². The van der Waals surface area contributed by atoms with Crippen LogP contribution in [0.1, 0.15) is 22.8 Å². The van der Waals surface area contributed by atoms with Gasteiger partial charge in [-0.25, -0.2) is 0 Å². The molecule has 0 aliphatic rings. The van der Waals surface area contributed by atoms with Crippen molar-refractivity contribution in [2.45, 2.75) is 13.5 Å². The molecule has 1 amide bonds. The summed E-state index contributed by atoms with van der Waals surface area (Å²) in [7, 11) is 0. The van der Waals surface area contributed by atoms with Crippen LogP contribution in [0, 0.1) is 0 Å². The van der Waals surface area contributed by atoms with E-state index in [2.05, 4.69) is 10.6 Å². The smallest absolute Gasteiger partial charge is 0.262 e. The maximum absolute atomic E-state index is 12.5. The predicted molar refractivity (Wildman–Crippen MR) is 119 cm³/mol. The SMILES string of the molecule is CCOc1ccc(NC(=O)c2cccc(OC(=S)NCc3ccccc3)c2)cc1. The summed E-state index contributed by atoms with van der Waals surface area (Å²) < 4.78 is 11.0. The first kappa shape index (κ1) is 20.4. The van der Waals surface area contributed by atoms with Crippen LogP contribution in [0.3, 0.4) is 0 Å². The van der Waals surface area contributed by atoms with Gasteiger partial charge in [-0.05, 0) is 67.2 Å². The molecule has 29 heavy (non-hydrogen) atoms. The van der Waals surface area contributed by atoms with Gasteiger partial charge in [-0.1, -0.05) is 36.4 Å². The molecule has 0 saturated heterocycles. The maximum Gasteiger partial charge on any atom is 0.262 e. The van der Waals surface area contributed by atoms with E-state index in [1.54, 1.807) is 36.4 Å². The van der Waals surface area contributed by atoms with Crippen molar-refractivity contribution in [2.24, 2.45) is 0 Å². The van der Waals surface area contributed by atoms with E-state index in [4.69, 9.17) is 21.7 Å². The molecule has 0 unspecified atom stereocenters. The monoisotopic (exact) mass is 406 g/mol. The van der Waals surface area contributed by atoms with Crippen LogP contribution in [0.4, 0.5) is 5.69 Å². The molecule has 0 radical (unpaired) electrons. The van der Waals surface area contributed by atoms with Gasteiger partial charge in [-0.15, -0.1) is 0 Å². The lowest BCUT2D eigenvalue weighted by Crippen LogP contribution is -2.26. The van der Waals surface area contributed by atoms with Gasteiger partial charge in [0.15, 0.2) is 0 Å². The van der Waals surface area contributed by atoms with Gasteiger partial charge in [0.1, 0.15) is 11.5 Å². The van der Waals surface area contributed by atoms with Gasteiger partial charge in [0.05, 0.1) is 6.61 Å². The number of ether oxygens (including phenoxy) is 2. The fraction of sp³-hybridized carbons (Fsp3) is 0.130. The second kappa shape index (κ2) is 10.2. The Morgan fingerprint density at radius 2 is 1.69 bits per heavy atom. The molecule has 0 bridgehead atoms. The summed E-state index contributed by atoms with van der Waals surface area (Å²) in [4.78, 5) is 12.5. The average molecular weight is 407 g/mol. The van der Waals surface area contributed by atoms with Crippen molar-refractivity contribution >= 4 is 29.0 Å². The van der Waals surface area contributed by atoms with Crippen molar-refractivity contribution in [3.8, 4) is 11.5 Å². The molecule has 3 aromatic rings. The first-order chi connectivity index (χ1) is 14.1. The molecule has 0 aliphatic carbocycles. The Hall–Kier alpha value is -3.38. The second-order valence-corrected chi connectivity index (χ2v) is 6.54. The molecule has 3 rings (SSSR count). The summed E-state index contributed by atoms with van der Waals surface area (Å²) in [5.74, 6) is 1.02. The predicted octanol–water partition coefficient (Wildman–Crippen LogP) is 4.79. The van der Waals surface area contributed by atoms with Crippen LogP contribution in [0.25, 0.3) is 0 Å². The molecule has 3 aromatic carbocycles. The van der Waals surface area contributed by atoms with Crippen molar-refractivity contribution in [2.75, 3.05) is 11.9 Å². The Balaban J connectivity index is 1.56. The van der Waals surface area contributed by atoms with Gasteiger partial charge < -0.3 is 20.1 Å². The van der Waals surface area contributed by atoms with Crippen molar-refractivity contribution in [1.82, 2.24) is 5.32 Å². The minimum absolute atomic E-state index is 0.234. The summed E-state index contributed by atoms with van der Waals surface area (Å²) in [6.07, 6.45) is 0. The van der Waals surface area contributed by atoms with Crippen LogP contribution in [0.2, 0.25) is 0 Å². The fourth-order valence-electron chi connectivity index (χ4n) is 2.62. The number of amides is 1. The summed E-state index contributed by atoms with van der Waals surface area (Å²) in [5.41, 5.74) is 2.26. The standard InChI is InChI=1S/C23H22N2O3S/c1-2-27-20-13-11-19(12-14-20)25-22(26)18-9-6-10-21(15-18)28-23(29)24-16-17-7-4-3-5-8-17/h3-15H,2,16H2,1H3,(H,24,29)(H,25,26). The average Bonchev–Trinajstić information content (AvgIpc) is 2.75. The molecule has 0 fully saturated rings. The van der Waals surface area contributed by atoms with E-state index in [-0.39, 0.29) is 11.1 Å². The highest BCUT2D eigenvalue weighted by Gasteiger charge is 2.09. The molecule has 2 N–H and O–H groups in total. The first-order valence-corrected chi connectivity index (χ1v) is 9.69. The van der Waals surface area contributed by atoms with Crippen LogP contribution in [-0.4, -0.2) is 17.7 Å². The molecule has 0 atom stereocenters. The quantitative estimate of drug-likeness (QED) is 0.553. The number of carbonyl (C=O) groups is 1. The zero-order valence-corrected chi connectivity index (χ0v) is 16.9. The summed E-state index contributed by atoms with van der Waals surface area (Å²) in [6, 6.07) is 24.0. The highest BCUT2D eigenvalue weighted by atomic mass is 32.1. The molecule has 148 valence electrons. The zero-order valence-electron chi connectivity index (χ0n) is 16.1. The van der Waals surface area contributed by atoms with Crippen LogP contribution in [0.15, 0.2) is 78.9 Å². The van der Waals surface area contributed by atoms with E-state index < -0.39 is 0 Å². The molecule has 5 nitrogen and oxygen atoms in total. The largest absolute Gasteiger partial charge is 0.494 e. The highest BCUT2D eigenvalue weighted by molar-refractivity contribution is 7.80. The Kier molecular flexibility index (Phi) is 7.19. The second-order valence-electron chi connectivity index (χ2n) is 6.17. The number of benzene rings is 3. The number of hydrogen-bond acceptors (Lipinski definition) is 4. The Bertz CT molecular complexity index is 959. The third-order valence-electron chi connectivity index (χ3n) is 4.01. The highest BCUT2D eigenvalue weighted by Crippen LogP contribution is 2.18. The van der Waals surface area contributed by atoms with Gasteiger partial charge in [-0.2, -0.15) is 0 Å². The Labute approximate surface area is 175 Å². The number of rotatable bonds is 7. The number of hydrogen-bond donors (Lipinski definition) is 2. The third kappa shape index (κ3) is 6.33. The lowest BCUT2D eigenvalue weighted by Gasteiger charge is -2.11. The molecule has 0 aliphatic heterocycles. The van der Waals surface area contributed by atoms with Gasteiger partial charge >= 0.3 is 0 Å². The Morgan fingerprint density at radius 3 is 2.41 bits per heavy atom.